The topological polar surface area (TPSA) is 40.7 Å². The number of H-pyrrole nitrogens is 1. The van der Waals surface area contributed by atoms with E-state index in [9.17, 15) is 0 Å². The fraction of sp³-hybridized carbons (Fsp3) is 0.250. The molecule has 0 aliphatic carbocycles. The standard InChI is InChI=1S/C12H14ClN3.ClH/c13-11-3-1-2-10(6-11)4-5-14-7-12-8-15-9-16-12;/h1-3,6,8-9,14H,4-5,7H2,(H,15,16);1H. The van der Waals surface area contributed by atoms with Crippen LogP contribution in [0.2, 0.25) is 5.02 Å². The van der Waals surface area contributed by atoms with Gasteiger partial charge in [-0.1, -0.05) is 23.7 Å². The highest BCUT2D eigenvalue weighted by Gasteiger charge is 1.95. The zero-order valence-electron chi connectivity index (χ0n) is 9.32. The summed E-state index contributed by atoms with van der Waals surface area (Å²) in [5.41, 5.74) is 2.36. The summed E-state index contributed by atoms with van der Waals surface area (Å²) in [6.45, 7) is 1.75. The number of halogens is 2. The number of rotatable bonds is 5. The number of benzene rings is 1. The van der Waals surface area contributed by atoms with E-state index in [0.29, 0.717) is 0 Å². The van der Waals surface area contributed by atoms with E-state index in [2.05, 4.69) is 21.4 Å². The number of aromatic amines is 1. The summed E-state index contributed by atoms with van der Waals surface area (Å²) in [6, 6.07) is 7.96. The fourth-order valence-corrected chi connectivity index (χ4v) is 1.74. The molecule has 2 N–H and O–H groups in total. The molecule has 0 unspecified atom stereocenters. The summed E-state index contributed by atoms with van der Waals surface area (Å²) in [4.78, 5) is 7.01. The monoisotopic (exact) mass is 271 g/mol. The summed E-state index contributed by atoms with van der Waals surface area (Å²) in [7, 11) is 0. The average molecular weight is 272 g/mol. The van der Waals surface area contributed by atoms with Crippen molar-refractivity contribution in [1.82, 2.24) is 15.3 Å². The number of imidazole rings is 1. The van der Waals surface area contributed by atoms with Crippen LogP contribution in [-0.4, -0.2) is 16.5 Å². The Morgan fingerprint density at radius 2 is 2.24 bits per heavy atom. The quantitative estimate of drug-likeness (QED) is 0.822. The first-order chi connectivity index (χ1) is 7.84. The smallest absolute Gasteiger partial charge is 0.0922 e. The fourth-order valence-electron chi connectivity index (χ4n) is 1.53. The lowest BCUT2D eigenvalue weighted by molar-refractivity contribution is 0.677. The van der Waals surface area contributed by atoms with Crippen molar-refractivity contribution in [3.8, 4) is 0 Å². The molecule has 0 aliphatic rings. The van der Waals surface area contributed by atoms with Gasteiger partial charge < -0.3 is 10.3 Å². The van der Waals surface area contributed by atoms with Gasteiger partial charge in [-0.05, 0) is 30.7 Å². The van der Waals surface area contributed by atoms with Crippen molar-refractivity contribution in [2.45, 2.75) is 13.0 Å². The first-order valence-corrected chi connectivity index (χ1v) is 5.65. The van der Waals surface area contributed by atoms with Gasteiger partial charge in [0.2, 0.25) is 0 Å². The van der Waals surface area contributed by atoms with Gasteiger partial charge >= 0.3 is 0 Å². The van der Waals surface area contributed by atoms with Crippen LogP contribution in [0, 0.1) is 0 Å². The molecule has 0 bridgehead atoms. The minimum atomic E-state index is 0. The highest BCUT2D eigenvalue weighted by molar-refractivity contribution is 6.30. The van der Waals surface area contributed by atoms with E-state index in [4.69, 9.17) is 11.6 Å². The van der Waals surface area contributed by atoms with Crippen molar-refractivity contribution in [2.24, 2.45) is 0 Å². The third-order valence-corrected chi connectivity index (χ3v) is 2.58. The molecule has 5 heteroatoms. The maximum atomic E-state index is 5.91. The van der Waals surface area contributed by atoms with Gasteiger partial charge in [-0.15, -0.1) is 12.4 Å². The Kier molecular flexibility index (Phi) is 6.05. The van der Waals surface area contributed by atoms with E-state index in [1.165, 1.54) is 5.56 Å². The van der Waals surface area contributed by atoms with E-state index in [1.54, 1.807) is 6.33 Å². The largest absolute Gasteiger partial charge is 0.347 e. The molecule has 1 heterocycles. The van der Waals surface area contributed by atoms with E-state index >= 15 is 0 Å². The van der Waals surface area contributed by atoms with Gasteiger partial charge in [-0.3, -0.25) is 0 Å². The molecule has 0 fully saturated rings. The van der Waals surface area contributed by atoms with Crippen molar-refractivity contribution < 1.29 is 0 Å². The second-order valence-electron chi connectivity index (χ2n) is 3.63. The Bertz CT molecular complexity index is 429. The highest BCUT2D eigenvalue weighted by Crippen LogP contribution is 2.10. The van der Waals surface area contributed by atoms with Crippen LogP contribution in [0.3, 0.4) is 0 Å². The van der Waals surface area contributed by atoms with Gasteiger partial charge in [0.15, 0.2) is 0 Å². The SMILES string of the molecule is Cl.Clc1cccc(CCNCc2cnc[nH]2)c1. The second kappa shape index (κ2) is 7.33. The van der Waals surface area contributed by atoms with Gasteiger partial charge in [-0.2, -0.15) is 0 Å². The summed E-state index contributed by atoms with van der Waals surface area (Å²) in [5.74, 6) is 0. The zero-order valence-corrected chi connectivity index (χ0v) is 10.9. The molecule has 0 radical (unpaired) electrons. The Balaban J connectivity index is 0.00000144. The van der Waals surface area contributed by atoms with Gasteiger partial charge in [-0.25, -0.2) is 4.98 Å². The number of hydrogen-bond acceptors (Lipinski definition) is 2. The van der Waals surface area contributed by atoms with Crippen molar-refractivity contribution in [2.75, 3.05) is 6.54 Å². The Morgan fingerprint density at radius 3 is 2.94 bits per heavy atom. The van der Waals surface area contributed by atoms with E-state index in [0.717, 1.165) is 30.2 Å². The Morgan fingerprint density at radius 1 is 1.35 bits per heavy atom. The molecule has 1 aromatic carbocycles. The molecule has 0 aliphatic heterocycles. The van der Waals surface area contributed by atoms with Crippen LogP contribution in [0.25, 0.3) is 0 Å². The van der Waals surface area contributed by atoms with Gasteiger partial charge in [0.05, 0.1) is 6.33 Å². The van der Waals surface area contributed by atoms with Crippen LogP contribution >= 0.6 is 24.0 Å². The van der Waals surface area contributed by atoms with Gasteiger partial charge in [0.1, 0.15) is 0 Å². The van der Waals surface area contributed by atoms with Crippen LogP contribution in [0.15, 0.2) is 36.8 Å². The molecule has 2 aromatic rings. The van der Waals surface area contributed by atoms with Crippen LogP contribution in [0.4, 0.5) is 0 Å². The Labute approximate surface area is 112 Å². The van der Waals surface area contributed by atoms with Crippen molar-refractivity contribution in [3.63, 3.8) is 0 Å². The maximum absolute atomic E-state index is 5.91. The summed E-state index contributed by atoms with van der Waals surface area (Å²) < 4.78 is 0. The van der Waals surface area contributed by atoms with E-state index < -0.39 is 0 Å². The predicted octanol–water partition coefficient (Wildman–Crippen LogP) is 2.82. The minimum absolute atomic E-state index is 0. The first kappa shape index (κ1) is 14.0. The van der Waals surface area contributed by atoms with Crippen molar-refractivity contribution in [1.29, 1.82) is 0 Å². The third kappa shape index (κ3) is 4.77. The summed E-state index contributed by atoms with van der Waals surface area (Å²) >= 11 is 5.91. The third-order valence-electron chi connectivity index (χ3n) is 2.35. The van der Waals surface area contributed by atoms with Crippen LogP contribution in [0.5, 0.6) is 0 Å². The lowest BCUT2D eigenvalue weighted by Gasteiger charge is -2.03. The van der Waals surface area contributed by atoms with Gasteiger partial charge in [0.25, 0.3) is 0 Å². The van der Waals surface area contributed by atoms with Crippen LogP contribution in [0.1, 0.15) is 11.3 Å². The zero-order chi connectivity index (χ0) is 11.2. The van der Waals surface area contributed by atoms with Crippen LogP contribution in [-0.2, 0) is 13.0 Å². The molecule has 92 valence electrons. The molecule has 0 saturated heterocycles. The molecular formula is C12H15Cl2N3. The number of aromatic nitrogens is 2. The van der Waals surface area contributed by atoms with Crippen LogP contribution < -0.4 is 5.32 Å². The molecule has 3 nitrogen and oxygen atoms in total. The average Bonchev–Trinajstić information content (AvgIpc) is 2.77. The summed E-state index contributed by atoms with van der Waals surface area (Å²) in [5, 5.41) is 4.14. The lowest BCUT2D eigenvalue weighted by atomic mass is 10.1. The first-order valence-electron chi connectivity index (χ1n) is 5.27. The highest BCUT2D eigenvalue weighted by atomic mass is 35.5. The molecule has 2 rings (SSSR count). The number of nitrogens with one attached hydrogen (secondary N) is 2. The normalized spacial score (nSPS) is 9.94. The maximum Gasteiger partial charge on any atom is 0.0922 e. The van der Waals surface area contributed by atoms with Crippen molar-refractivity contribution in [3.05, 3.63) is 53.1 Å². The molecule has 0 atom stereocenters. The minimum Gasteiger partial charge on any atom is -0.347 e. The van der Waals surface area contributed by atoms with E-state index in [-0.39, 0.29) is 12.4 Å². The predicted molar refractivity (Wildman–Crippen MR) is 72.7 cm³/mol. The second-order valence-corrected chi connectivity index (χ2v) is 4.07. The Hall–Kier alpha value is -1.03. The van der Waals surface area contributed by atoms with Gasteiger partial charge in [0, 0.05) is 23.5 Å². The van der Waals surface area contributed by atoms with Crippen molar-refractivity contribution >= 4 is 24.0 Å². The molecule has 0 saturated carbocycles. The molecule has 0 spiro atoms. The number of hydrogen-bond donors (Lipinski definition) is 2. The molecule has 17 heavy (non-hydrogen) atoms. The lowest BCUT2D eigenvalue weighted by Crippen LogP contribution is -2.16. The van der Waals surface area contributed by atoms with E-state index in [1.807, 2.05) is 24.4 Å². The molecular weight excluding hydrogens is 257 g/mol. The molecule has 0 amide bonds. The summed E-state index contributed by atoms with van der Waals surface area (Å²) in [6.07, 6.45) is 4.50. The molecule has 1 aromatic heterocycles. The number of nitrogens with zero attached hydrogens (tertiary/aromatic N) is 1.